The minimum Gasteiger partial charge on any atom is -0.292 e. The molecule has 92 valence electrons. The third-order valence-electron chi connectivity index (χ3n) is 2.78. The Hall–Kier alpha value is -2.23. The average molecular weight is 242 g/mol. The van der Waals surface area contributed by atoms with Crippen molar-refractivity contribution in [2.45, 2.75) is 19.9 Å². The van der Waals surface area contributed by atoms with E-state index >= 15 is 0 Å². The molecule has 18 heavy (non-hydrogen) atoms. The molecule has 1 heterocycles. The Bertz CT molecular complexity index is 600. The van der Waals surface area contributed by atoms with Crippen molar-refractivity contribution >= 4 is 5.78 Å². The predicted molar refractivity (Wildman–Crippen MR) is 68.6 cm³/mol. The first-order valence-electron chi connectivity index (χ1n) is 5.84. The SMILES string of the molecule is CCc1ccc(C(=O)Cn2cccnc2=O)cc1. The first-order chi connectivity index (χ1) is 8.70. The molecule has 0 spiro atoms. The van der Waals surface area contributed by atoms with E-state index in [1.54, 1.807) is 24.4 Å². The van der Waals surface area contributed by atoms with Crippen molar-refractivity contribution in [3.05, 3.63) is 64.3 Å². The molecule has 0 fully saturated rings. The fourth-order valence-corrected chi connectivity index (χ4v) is 1.68. The molecule has 0 saturated carbocycles. The molecule has 0 unspecified atom stereocenters. The normalized spacial score (nSPS) is 10.3. The molecule has 0 atom stereocenters. The van der Waals surface area contributed by atoms with Crippen LogP contribution < -0.4 is 5.69 Å². The number of aryl methyl sites for hydroxylation is 1. The van der Waals surface area contributed by atoms with Crippen LogP contribution in [0.3, 0.4) is 0 Å². The molecule has 0 N–H and O–H groups in total. The number of aromatic nitrogens is 2. The van der Waals surface area contributed by atoms with E-state index in [4.69, 9.17) is 0 Å². The molecule has 2 aromatic rings. The largest absolute Gasteiger partial charge is 0.347 e. The van der Waals surface area contributed by atoms with Crippen LogP contribution in [0, 0.1) is 0 Å². The predicted octanol–water partition coefficient (Wildman–Crippen LogP) is 1.69. The number of ketones is 1. The van der Waals surface area contributed by atoms with Gasteiger partial charge in [-0.15, -0.1) is 0 Å². The molecule has 0 aliphatic heterocycles. The van der Waals surface area contributed by atoms with Gasteiger partial charge in [-0.05, 0) is 18.1 Å². The van der Waals surface area contributed by atoms with E-state index in [2.05, 4.69) is 11.9 Å². The third-order valence-corrected chi connectivity index (χ3v) is 2.78. The highest BCUT2D eigenvalue weighted by atomic mass is 16.2. The zero-order valence-corrected chi connectivity index (χ0v) is 10.2. The van der Waals surface area contributed by atoms with Gasteiger partial charge in [-0.1, -0.05) is 31.2 Å². The summed E-state index contributed by atoms with van der Waals surface area (Å²) in [6.45, 7) is 2.09. The first kappa shape index (κ1) is 12.2. The molecule has 4 nitrogen and oxygen atoms in total. The second-order valence-electron chi connectivity index (χ2n) is 4.00. The molecule has 0 aliphatic rings. The van der Waals surface area contributed by atoms with Crippen molar-refractivity contribution in [3.63, 3.8) is 0 Å². The Morgan fingerprint density at radius 2 is 2.00 bits per heavy atom. The highest BCUT2D eigenvalue weighted by Gasteiger charge is 2.07. The minimum absolute atomic E-state index is 0.0259. The number of nitrogens with zero attached hydrogens (tertiary/aromatic N) is 2. The Balaban J connectivity index is 2.17. The summed E-state index contributed by atoms with van der Waals surface area (Å²) in [4.78, 5) is 27.0. The number of rotatable bonds is 4. The quantitative estimate of drug-likeness (QED) is 0.767. The topological polar surface area (TPSA) is 52.0 Å². The van der Waals surface area contributed by atoms with Crippen molar-refractivity contribution in [2.75, 3.05) is 0 Å². The van der Waals surface area contributed by atoms with Crippen LogP contribution in [0.15, 0.2) is 47.5 Å². The second-order valence-corrected chi connectivity index (χ2v) is 4.00. The summed E-state index contributed by atoms with van der Waals surface area (Å²) in [6, 6.07) is 9.08. The van der Waals surface area contributed by atoms with Gasteiger partial charge in [0.2, 0.25) is 0 Å². The second kappa shape index (κ2) is 5.40. The number of hydrogen-bond acceptors (Lipinski definition) is 3. The number of carbonyl (C=O) groups excluding carboxylic acids is 1. The van der Waals surface area contributed by atoms with E-state index in [-0.39, 0.29) is 12.3 Å². The highest BCUT2D eigenvalue weighted by molar-refractivity contribution is 5.95. The van der Waals surface area contributed by atoms with Crippen LogP contribution in [0.2, 0.25) is 0 Å². The lowest BCUT2D eigenvalue weighted by Crippen LogP contribution is -2.25. The van der Waals surface area contributed by atoms with Gasteiger partial charge in [0.25, 0.3) is 0 Å². The zero-order chi connectivity index (χ0) is 13.0. The smallest absolute Gasteiger partial charge is 0.292 e. The van der Waals surface area contributed by atoms with E-state index in [0.29, 0.717) is 5.56 Å². The van der Waals surface area contributed by atoms with Crippen molar-refractivity contribution in [1.82, 2.24) is 9.55 Å². The minimum atomic E-state index is -0.406. The van der Waals surface area contributed by atoms with Crippen LogP contribution in [-0.2, 0) is 13.0 Å². The lowest BCUT2D eigenvalue weighted by atomic mass is 10.1. The van der Waals surface area contributed by atoms with Gasteiger partial charge in [0, 0.05) is 18.0 Å². The number of benzene rings is 1. The Morgan fingerprint density at radius 1 is 1.28 bits per heavy atom. The zero-order valence-electron chi connectivity index (χ0n) is 10.2. The summed E-state index contributed by atoms with van der Waals surface area (Å²) in [6.07, 6.45) is 3.92. The van der Waals surface area contributed by atoms with Gasteiger partial charge in [-0.2, -0.15) is 0 Å². The van der Waals surface area contributed by atoms with Gasteiger partial charge < -0.3 is 0 Å². The van der Waals surface area contributed by atoms with E-state index in [9.17, 15) is 9.59 Å². The van der Waals surface area contributed by atoms with Crippen molar-refractivity contribution in [2.24, 2.45) is 0 Å². The highest BCUT2D eigenvalue weighted by Crippen LogP contribution is 2.06. The van der Waals surface area contributed by atoms with Crippen molar-refractivity contribution < 1.29 is 4.79 Å². The maximum atomic E-state index is 12.0. The van der Waals surface area contributed by atoms with E-state index in [1.807, 2.05) is 12.1 Å². The Labute approximate surface area is 105 Å². The van der Waals surface area contributed by atoms with Gasteiger partial charge in [0.05, 0.1) is 6.54 Å². The summed E-state index contributed by atoms with van der Waals surface area (Å²) in [5, 5.41) is 0. The summed E-state index contributed by atoms with van der Waals surface area (Å²) < 4.78 is 1.30. The van der Waals surface area contributed by atoms with E-state index < -0.39 is 5.69 Å². The van der Waals surface area contributed by atoms with Crippen molar-refractivity contribution in [1.29, 1.82) is 0 Å². The molecule has 0 saturated heterocycles. The molecule has 0 bridgehead atoms. The Morgan fingerprint density at radius 3 is 2.61 bits per heavy atom. The van der Waals surface area contributed by atoms with Crippen LogP contribution in [0.1, 0.15) is 22.8 Å². The van der Waals surface area contributed by atoms with Crippen LogP contribution in [-0.4, -0.2) is 15.3 Å². The van der Waals surface area contributed by atoms with E-state index in [0.717, 1.165) is 6.42 Å². The molecule has 0 amide bonds. The number of carbonyl (C=O) groups is 1. The molecule has 2 rings (SSSR count). The van der Waals surface area contributed by atoms with Gasteiger partial charge >= 0.3 is 5.69 Å². The molecule has 4 heteroatoms. The van der Waals surface area contributed by atoms with Gasteiger partial charge in [0.15, 0.2) is 5.78 Å². The standard InChI is InChI=1S/C14H14N2O2/c1-2-11-4-6-12(7-5-11)13(17)10-16-9-3-8-15-14(16)18/h3-9H,2,10H2,1H3. The molecular formula is C14H14N2O2. The monoisotopic (exact) mass is 242 g/mol. The average Bonchev–Trinajstić information content (AvgIpc) is 2.41. The molecule has 0 radical (unpaired) electrons. The summed E-state index contributed by atoms with van der Waals surface area (Å²) in [5.41, 5.74) is 1.39. The Kier molecular flexibility index (Phi) is 3.67. The van der Waals surface area contributed by atoms with Crippen LogP contribution in [0.25, 0.3) is 0 Å². The summed E-state index contributed by atoms with van der Waals surface area (Å²) in [5.74, 6) is -0.0900. The molecule has 1 aromatic heterocycles. The van der Waals surface area contributed by atoms with Crippen molar-refractivity contribution in [3.8, 4) is 0 Å². The van der Waals surface area contributed by atoms with E-state index in [1.165, 1.54) is 16.3 Å². The first-order valence-corrected chi connectivity index (χ1v) is 5.84. The third kappa shape index (κ3) is 2.71. The maximum absolute atomic E-state index is 12.0. The fourth-order valence-electron chi connectivity index (χ4n) is 1.68. The van der Waals surface area contributed by atoms with Gasteiger partial charge in [0.1, 0.15) is 0 Å². The fraction of sp³-hybridized carbons (Fsp3) is 0.214. The lowest BCUT2D eigenvalue weighted by molar-refractivity contribution is 0.0970. The number of Topliss-reactive ketones (excluding diaryl/α,β-unsaturated/α-hetero) is 1. The molecular weight excluding hydrogens is 228 g/mol. The maximum Gasteiger partial charge on any atom is 0.347 e. The number of hydrogen-bond donors (Lipinski definition) is 0. The van der Waals surface area contributed by atoms with Gasteiger partial charge in [-0.3, -0.25) is 9.36 Å². The van der Waals surface area contributed by atoms with Gasteiger partial charge in [-0.25, -0.2) is 9.78 Å². The molecule has 1 aromatic carbocycles. The summed E-state index contributed by atoms with van der Waals surface area (Å²) in [7, 11) is 0. The summed E-state index contributed by atoms with van der Waals surface area (Å²) >= 11 is 0. The van der Waals surface area contributed by atoms with Crippen LogP contribution in [0.4, 0.5) is 0 Å². The molecule has 0 aliphatic carbocycles. The van der Waals surface area contributed by atoms with Crippen LogP contribution >= 0.6 is 0 Å². The van der Waals surface area contributed by atoms with Crippen LogP contribution in [0.5, 0.6) is 0 Å². The lowest BCUT2D eigenvalue weighted by Gasteiger charge is -2.04.